The Bertz CT molecular complexity index is 1340. The molecule has 5 rings (SSSR count). The highest BCUT2D eigenvalue weighted by molar-refractivity contribution is 5.67. The monoisotopic (exact) mass is 418 g/mol. The minimum atomic E-state index is -0.571. The largest absolute Gasteiger partial charge is 0.363 e. The smallest absolute Gasteiger partial charge is 0.140 e. The van der Waals surface area contributed by atoms with Gasteiger partial charge < -0.3 is 4.90 Å². The lowest BCUT2D eigenvalue weighted by Crippen LogP contribution is -2.23. The Morgan fingerprint density at radius 1 is 1.00 bits per heavy atom. The van der Waals surface area contributed by atoms with Crippen molar-refractivity contribution in [3.8, 4) is 17.3 Å². The highest BCUT2D eigenvalue weighted by Gasteiger charge is 2.29. The molecule has 3 heterocycles. The van der Waals surface area contributed by atoms with E-state index in [1.54, 1.807) is 12.3 Å². The van der Waals surface area contributed by atoms with Gasteiger partial charge in [0.05, 0.1) is 29.2 Å². The third-order valence-corrected chi connectivity index (χ3v) is 5.77. The van der Waals surface area contributed by atoms with Crippen LogP contribution < -0.4 is 4.90 Å². The van der Waals surface area contributed by atoms with Crippen LogP contribution in [0.2, 0.25) is 0 Å². The van der Waals surface area contributed by atoms with Crippen molar-refractivity contribution < 1.29 is 13.2 Å². The Balaban J connectivity index is 1.58. The van der Waals surface area contributed by atoms with Crippen LogP contribution in [0, 0.1) is 28.8 Å². The molecular formula is C24H17F3N4. The van der Waals surface area contributed by atoms with Crippen molar-refractivity contribution in [1.29, 1.82) is 5.26 Å². The van der Waals surface area contributed by atoms with E-state index in [9.17, 15) is 13.2 Å². The molecule has 0 amide bonds. The minimum absolute atomic E-state index is 0.0372. The number of halogens is 3. The fourth-order valence-corrected chi connectivity index (χ4v) is 4.29. The lowest BCUT2D eigenvalue weighted by molar-refractivity contribution is 0.561. The van der Waals surface area contributed by atoms with Crippen molar-refractivity contribution >= 4 is 11.3 Å². The summed E-state index contributed by atoms with van der Waals surface area (Å²) in [6.07, 6.45) is 5.14. The number of anilines is 1. The summed E-state index contributed by atoms with van der Waals surface area (Å²) >= 11 is 0. The van der Waals surface area contributed by atoms with Gasteiger partial charge in [0.15, 0.2) is 0 Å². The third kappa shape index (κ3) is 3.30. The van der Waals surface area contributed by atoms with Crippen molar-refractivity contribution in [2.75, 3.05) is 11.4 Å². The van der Waals surface area contributed by atoms with Crippen LogP contribution in [0.15, 0.2) is 60.9 Å². The maximum Gasteiger partial charge on any atom is 0.140 e. The first-order valence-corrected chi connectivity index (χ1v) is 9.94. The maximum atomic E-state index is 14.4. The second-order valence-corrected chi connectivity index (χ2v) is 7.58. The summed E-state index contributed by atoms with van der Waals surface area (Å²) < 4.78 is 43.8. The molecule has 0 bridgehead atoms. The first-order chi connectivity index (χ1) is 15.0. The Kier molecular flexibility index (Phi) is 4.63. The molecule has 1 atom stereocenters. The molecule has 1 aliphatic heterocycles. The maximum absolute atomic E-state index is 14.4. The number of aromatic nitrogens is 2. The van der Waals surface area contributed by atoms with E-state index in [1.807, 2.05) is 28.8 Å². The van der Waals surface area contributed by atoms with Gasteiger partial charge in [-0.15, -0.1) is 0 Å². The average molecular weight is 418 g/mol. The Labute approximate surface area is 176 Å². The van der Waals surface area contributed by atoms with E-state index in [-0.39, 0.29) is 11.6 Å². The number of nitrogens with zero attached hydrogens (tertiary/aromatic N) is 4. The minimum Gasteiger partial charge on any atom is -0.363 e. The molecule has 1 aliphatic rings. The molecular weight excluding hydrogens is 401 g/mol. The molecule has 1 unspecified atom stereocenters. The van der Waals surface area contributed by atoms with Crippen molar-refractivity contribution in [3.05, 3.63) is 89.5 Å². The fourth-order valence-electron chi connectivity index (χ4n) is 4.29. The molecule has 2 aromatic carbocycles. The van der Waals surface area contributed by atoms with Gasteiger partial charge in [-0.1, -0.05) is 0 Å². The molecule has 0 spiro atoms. The van der Waals surface area contributed by atoms with Crippen molar-refractivity contribution in [1.82, 2.24) is 9.38 Å². The van der Waals surface area contributed by atoms with Gasteiger partial charge in [-0.05, 0) is 61.4 Å². The predicted octanol–water partition coefficient (Wildman–Crippen LogP) is 5.63. The van der Waals surface area contributed by atoms with Crippen LogP contribution in [0.3, 0.4) is 0 Å². The summed E-state index contributed by atoms with van der Waals surface area (Å²) in [4.78, 5) is 6.46. The van der Waals surface area contributed by atoms with Crippen LogP contribution >= 0.6 is 0 Å². The highest BCUT2D eigenvalue weighted by Crippen LogP contribution is 2.38. The summed E-state index contributed by atoms with van der Waals surface area (Å²) in [5, 5.41) is 9.14. The Morgan fingerprint density at radius 3 is 2.68 bits per heavy atom. The highest BCUT2D eigenvalue weighted by atomic mass is 19.1. The fraction of sp³-hybridized carbons (Fsp3) is 0.167. The number of benzene rings is 2. The van der Waals surface area contributed by atoms with Crippen molar-refractivity contribution in [2.24, 2.45) is 0 Å². The van der Waals surface area contributed by atoms with E-state index in [1.165, 1.54) is 24.3 Å². The van der Waals surface area contributed by atoms with Gasteiger partial charge in [0.25, 0.3) is 0 Å². The van der Waals surface area contributed by atoms with E-state index in [0.29, 0.717) is 29.0 Å². The van der Waals surface area contributed by atoms with Crippen LogP contribution in [0.5, 0.6) is 0 Å². The zero-order valence-corrected chi connectivity index (χ0v) is 16.4. The number of hydrogen-bond acceptors (Lipinski definition) is 3. The van der Waals surface area contributed by atoms with E-state index in [2.05, 4.69) is 9.88 Å². The molecule has 31 heavy (non-hydrogen) atoms. The van der Waals surface area contributed by atoms with Gasteiger partial charge >= 0.3 is 0 Å². The van der Waals surface area contributed by atoms with Crippen LogP contribution in [0.4, 0.5) is 18.9 Å². The molecule has 2 aromatic heterocycles. The molecule has 0 radical (unpaired) electrons. The summed E-state index contributed by atoms with van der Waals surface area (Å²) in [6, 6.07) is 13.3. The molecule has 4 aromatic rings. The van der Waals surface area contributed by atoms with Gasteiger partial charge in [-0.25, -0.2) is 18.2 Å². The van der Waals surface area contributed by atoms with Gasteiger partial charge in [-0.3, -0.25) is 4.40 Å². The van der Waals surface area contributed by atoms with Crippen LogP contribution in [0.1, 0.15) is 30.0 Å². The quantitative estimate of drug-likeness (QED) is 0.433. The predicted molar refractivity (Wildman–Crippen MR) is 111 cm³/mol. The zero-order chi connectivity index (χ0) is 21.5. The van der Waals surface area contributed by atoms with Gasteiger partial charge in [0.1, 0.15) is 29.2 Å². The SMILES string of the molecule is N#Cc1cc(-c2cnc3ccc(N4CCCC4c4cc(F)ccc4F)cn23)ccc1F. The van der Waals surface area contributed by atoms with Crippen molar-refractivity contribution in [3.63, 3.8) is 0 Å². The van der Waals surface area contributed by atoms with E-state index in [0.717, 1.165) is 24.6 Å². The third-order valence-electron chi connectivity index (χ3n) is 5.77. The molecule has 1 saturated heterocycles. The van der Waals surface area contributed by atoms with Gasteiger partial charge in [0.2, 0.25) is 0 Å². The van der Waals surface area contributed by atoms with E-state index >= 15 is 0 Å². The van der Waals surface area contributed by atoms with Crippen LogP contribution in [-0.4, -0.2) is 15.9 Å². The van der Waals surface area contributed by atoms with E-state index < -0.39 is 17.5 Å². The standard InChI is InChI=1S/C24H17F3N4/c25-17-4-7-21(27)19(11-17)22-2-1-9-30(22)18-5-8-24-29-13-23(31(24)14-18)15-3-6-20(26)16(10-15)12-28/h3-8,10-11,13-14,22H,1-2,9H2. The lowest BCUT2D eigenvalue weighted by Gasteiger charge is -2.27. The summed E-state index contributed by atoms with van der Waals surface area (Å²) in [7, 11) is 0. The zero-order valence-electron chi connectivity index (χ0n) is 16.4. The molecule has 0 N–H and O–H groups in total. The molecule has 154 valence electrons. The van der Waals surface area contributed by atoms with Crippen LogP contribution in [0.25, 0.3) is 16.9 Å². The molecule has 4 nitrogen and oxygen atoms in total. The molecule has 7 heteroatoms. The Hall–Kier alpha value is -3.79. The van der Waals surface area contributed by atoms with E-state index in [4.69, 9.17) is 5.26 Å². The second-order valence-electron chi connectivity index (χ2n) is 7.58. The molecule has 1 fully saturated rings. The first kappa shape index (κ1) is 19.2. The summed E-state index contributed by atoms with van der Waals surface area (Å²) in [5.41, 5.74) is 3.22. The number of nitriles is 1. The summed E-state index contributed by atoms with van der Waals surface area (Å²) in [6.45, 7) is 0.714. The number of hydrogen-bond donors (Lipinski definition) is 0. The van der Waals surface area contributed by atoms with Gasteiger partial charge in [-0.2, -0.15) is 5.26 Å². The van der Waals surface area contributed by atoms with Crippen molar-refractivity contribution in [2.45, 2.75) is 18.9 Å². The normalized spacial score (nSPS) is 16.1. The molecule has 0 aliphatic carbocycles. The Morgan fingerprint density at radius 2 is 1.84 bits per heavy atom. The summed E-state index contributed by atoms with van der Waals surface area (Å²) in [5.74, 6) is -1.45. The first-order valence-electron chi connectivity index (χ1n) is 9.94. The lowest BCUT2D eigenvalue weighted by atomic mass is 10.0. The number of pyridine rings is 1. The number of fused-ring (bicyclic) bond motifs is 1. The number of imidazole rings is 1. The van der Waals surface area contributed by atoms with Crippen LogP contribution in [-0.2, 0) is 0 Å². The van der Waals surface area contributed by atoms with Gasteiger partial charge in [0, 0.05) is 23.9 Å². The molecule has 0 saturated carbocycles. The topological polar surface area (TPSA) is 44.3 Å². The average Bonchev–Trinajstić information content (AvgIpc) is 3.42. The number of rotatable bonds is 3. The second kappa shape index (κ2) is 7.47.